The van der Waals surface area contributed by atoms with Crippen LogP contribution in [0, 0.1) is 0 Å². The number of hydrogen-bond donors (Lipinski definition) is 0. The summed E-state index contributed by atoms with van der Waals surface area (Å²) in [6.45, 7) is 2.96. The summed E-state index contributed by atoms with van der Waals surface area (Å²) >= 11 is 1.36. The molecule has 1 aliphatic heterocycles. The number of rotatable bonds is 5. The lowest BCUT2D eigenvalue weighted by Gasteiger charge is -2.30. The molecule has 0 atom stereocenters. The topological polar surface area (TPSA) is 72.4 Å². The molecule has 1 aliphatic rings. The summed E-state index contributed by atoms with van der Waals surface area (Å²) < 4.78 is 33.0. The number of piperidine rings is 1. The molecule has 0 bridgehead atoms. The van der Waals surface area contributed by atoms with Gasteiger partial charge in [-0.25, -0.2) is 8.42 Å². The predicted octanol–water partition coefficient (Wildman–Crippen LogP) is 2.33. The van der Waals surface area contributed by atoms with Gasteiger partial charge in [0.1, 0.15) is 10.3 Å². The zero-order valence-corrected chi connectivity index (χ0v) is 14.5. The molecule has 2 aromatic rings. The third-order valence-corrected chi connectivity index (χ3v) is 7.41. The SMILES string of the molecule is CCc1ccc(S(=O)(=O)N2CCC(Oc3cccnn3)CC2)s1. The third kappa shape index (κ3) is 3.70. The molecular weight excluding hydrogens is 334 g/mol. The van der Waals surface area contributed by atoms with Crippen LogP contribution in [0.1, 0.15) is 24.6 Å². The molecule has 0 unspecified atom stereocenters. The van der Waals surface area contributed by atoms with Crippen LogP contribution < -0.4 is 4.74 Å². The average Bonchev–Trinajstić information content (AvgIpc) is 3.06. The fourth-order valence-electron chi connectivity index (χ4n) is 2.53. The van der Waals surface area contributed by atoms with E-state index >= 15 is 0 Å². The van der Waals surface area contributed by atoms with Crippen molar-refractivity contribution in [2.24, 2.45) is 0 Å². The fourth-order valence-corrected chi connectivity index (χ4v) is 5.44. The second-order valence-corrected chi connectivity index (χ2v) is 8.69. The molecule has 0 aromatic carbocycles. The van der Waals surface area contributed by atoms with Crippen molar-refractivity contribution in [3.05, 3.63) is 35.3 Å². The lowest BCUT2D eigenvalue weighted by molar-refractivity contribution is 0.128. The Balaban J connectivity index is 1.62. The largest absolute Gasteiger partial charge is 0.473 e. The Kier molecular flexibility index (Phi) is 4.93. The van der Waals surface area contributed by atoms with Crippen molar-refractivity contribution in [1.29, 1.82) is 0 Å². The number of ether oxygens (including phenoxy) is 1. The van der Waals surface area contributed by atoms with Gasteiger partial charge < -0.3 is 4.74 Å². The van der Waals surface area contributed by atoms with Crippen molar-refractivity contribution in [2.45, 2.75) is 36.5 Å². The standard InChI is InChI=1S/C15H19N3O3S2/c1-2-13-5-6-15(22-13)23(19,20)18-10-7-12(8-11-18)21-14-4-3-9-16-17-14/h3-6,9,12H,2,7-8,10-11H2,1H3. The lowest BCUT2D eigenvalue weighted by atomic mass is 10.1. The summed E-state index contributed by atoms with van der Waals surface area (Å²) in [4.78, 5) is 1.09. The second-order valence-electron chi connectivity index (χ2n) is 5.36. The van der Waals surface area contributed by atoms with Crippen LogP contribution >= 0.6 is 11.3 Å². The number of sulfonamides is 1. The number of nitrogens with zero attached hydrogens (tertiary/aromatic N) is 3. The Bertz CT molecular complexity index is 738. The van der Waals surface area contributed by atoms with Gasteiger partial charge in [-0.05, 0) is 37.5 Å². The minimum Gasteiger partial charge on any atom is -0.473 e. The predicted molar refractivity (Wildman–Crippen MR) is 88.1 cm³/mol. The van der Waals surface area contributed by atoms with Crippen LogP contribution in [0.4, 0.5) is 0 Å². The summed E-state index contributed by atoms with van der Waals surface area (Å²) in [5, 5.41) is 7.67. The Morgan fingerprint density at radius 1 is 1.30 bits per heavy atom. The van der Waals surface area contributed by atoms with Crippen LogP contribution in [0.25, 0.3) is 0 Å². The van der Waals surface area contributed by atoms with Crippen LogP contribution in [0.5, 0.6) is 5.88 Å². The van der Waals surface area contributed by atoms with Gasteiger partial charge in [0.15, 0.2) is 0 Å². The maximum Gasteiger partial charge on any atom is 0.252 e. The molecule has 0 radical (unpaired) electrons. The van der Waals surface area contributed by atoms with Crippen LogP contribution in [0.3, 0.4) is 0 Å². The van der Waals surface area contributed by atoms with Gasteiger partial charge in [-0.15, -0.1) is 16.4 Å². The van der Waals surface area contributed by atoms with Gasteiger partial charge in [0.2, 0.25) is 5.88 Å². The van der Waals surface area contributed by atoms with Crippen molar-refractivity contribution >= 4 is 21.4 Å². The van der Waals surface area contributed by atoms with E-state index in [4.69, 9.17) is 4.74 Å². The van der Waals surface area contributed by atoms with Crippen molar-refractivity contribution in [2.75, 3.05) is 13.1 Å². The normalized spacial score (nSPS) is 17.3. The quantitative estimate of drug-likeness (QED) is 0.825. The Labute approximate surface area is 140 Å². The van der Waals surface area contributed by atoms with Gasteiger partial charge in [-0.1, -0.05) is 6.92 Å². The lowest BCUT2D eigenvalue weighted by Crippen LogP contribution is -2.41. The summed E-state index contributed by atoms with van der Waals surface area (Å²) in [6, 6.07) is 7.13. The molecule has 3 heterocycles. The molecule has 23 heavy (non-hydrogen) atoms. The highest BCUT2D eigenvalue weighted by atomic mass is 32.2. The minimum absolute atomic E-state index is 0.0207. The Morgan fingerprint density at radius 3 is 2.70 bits per heavy atom. The van der Waals surface area contributed by atoms with Gasteiger partial charge in [0.05, 0.1) is 0 Å². The van der Waals surface area contributed by atoms with Gasteiger partial charge in [-0.2, -0.15) is 9.40 Å². The Morgan fingerprint density at radius 2 is 2.09 bits per heavy atom. The Hall–Kier alpha value is -1.51. The first-order chi connectivity index (χ1) is 11.1. The van der Waals surface area contributed by atoms with E-state index in [0.29, 0.717) is 36.0 Å². The minimum atomic E-state index is -3.38. The van der Waals surface area contributed by atoms with E-state index in [0.717, 1.165) is 11.3 Å². The summed E-state index contributed by atoms with van der Waals surface area (Å²) in [5.41, 5.74) is 0. The summed E-state index contributed by atoms with van der Waals surface area (Å²) in [5.74, 6) is 0.486. The van der Waals surface area contributed by atoms with Crippen LogP contribution in [0.15, 0.2) is 34.7 Å². The van der Waals surface area contributed by atoms with Gasteiger partial charge >= 0.3 is 0 Å². The highest BCUT2D eigenvalue weighted by Crippen LogP contribution is 2.28. The van der Waals surface area contributed by atoms with Crippen molar-refractivity contribution in [3.63, 3.8) is 0 Å². The second kappa shape index (κ2) is 6.94. The van der Waals surface area contributed by atoms with E-state index in [-0.39, 0.29) is 6.10 Å². The van der Waals surface area contributed by atoms with Crippen LogP contribution in [-0.4, -0.2) is 42.1 Å². The van der Waals surface area contributed by atoms with Gasteiger partial charge in [0, 0.05) is 30.2 Å². The molecule has 1 saturated heterocycles. The molecule has 0 N–H and O–H groups in total. The first-order valence-corrected chi connectivity index (χ1v) is 9.88. The molecule has 0 saturated carbocycles. The first kappa shape index (κ1) is 16.4. The highest BCUT2D eigenvalue weighted by Gasteiger charge is 2.31. The van der Waals surface area contributed by atoms with Crippen molar-refractivity contribution in [3.8, 4) is 5.88 Å². The van der Waals surface area contributed by atoms with E-state index in [9.17, 15) is 8.42 Å². The molecule has 3 rings (SSSR count). The van der Waals surface area contributed by atoms with E-state index in [2.05, 4.69) is 10.2 Å². The number of thiophene rings is 1. The molecule has 0 amide bonds. The molecule has 2 aromatic heterocycles. The molecule has 0 spiro atoms. The molecule has 124 valence electrons. The number of aromatic nitrogens is 2. The van der Waals surface area contributed by atoms with E-state index < -0.39 is 10.0 Å². The first-order valence-electron chi connectivity index (χ1n) is 7.63. The van der Waals surface area contributed by atoms with E-state index in [1.54, 1.807) is 28.7 Å². The van der Waals surface area contributed by atoms with E-state index in [1.165, 1.54) is 11.3 Å². The number of aryl methyl sites for hydroxylation is 1. The van der Waals surface area contributed by atoms with Crippen LogP contribution in [-0.2, 0) is 16.4 Å². The van der Waals surface area contributed by atoms with Gasteiger partial charge in [0.25, 0.3) is 10.0 Å². The van der Waals surface area contributed by atoms with Crippen molar-refractivity contribution in [1.82, 2.24) is 14.5 Å². The third-order valence-electron chi connectivity index (χ3n) is 3.82. The van der Waals surface area contributed by atoms with Gasteiger partial charge in [-0.3, -0.25) is 0 Å². The fraction of sp³-hybridized carbons (Fsp3) is 0.467. The summed E-state index contributed by atoms with van der Waals surface area (Å²) in [6.07, 6.45) is 3.73. The smallest absolute Gasteiger partial charge is 0.252 e. The molecule has 1 fully saturated rings. The summed E-state index contributed by atoms with van der Waals surface area (Å²) in [7, 11) is -3.38. The maximum atomic E-state index is 12.7. The van der Waals surface area contributed by atoms with E-state index in [1.807, 2.05) is 13.0 Å². The molecule has 6 nitrogen and oxygen atoms in total. The molecule has 8 heteroatoms. The zero-order chi connectivity index (χ0) is 16.3. The van der Waals surface area contributed by atoms with Crippen LogP contribution in [0.2, 0.25) is 0 Å². The average molecular weight is 353 g/mol. The zero-order valence-electron chi connectivity index (χ0n) is 12.9. The van der Waals surface area contributed by atoms with Crippen molar-refractivity contribution < 1.29 is 13.2 Å². The molecule has 0 aliphatic carbocycles. The maximum absolute atomic E-state index is 12.7. The number of hydrogen-bond acceptors (Lipinski definition) is 6. The monoisotopic (exact) mass is 353 g/mol. The molecular formula is C15H19N3O3S2. The highest BCUT2D eigenvalue weighted by molar-refractivity contribution is 7.91.